The summed E-state index contributed by atoms with van der Waals surface area (Å²) in [5.74, 6) is 1.04. The van der Waals surface area contributed by atoms with Crippen molar-refractivity contribution in [1.29, 1.82) is 0 Å². The van der Waals surface area contributed by atoms with Crippen LogP contribution in [0.25, 0.3) is 10.9 Å². The van der Waals surface area contributed by atoms with E-state index in [2.05, 4.69) is 14.9 Å². The lowest BCUT2D eigenvalue weighted by Gasteiger charge is -2.35. The zero-order chi connectivity index (χ0) is 19.0. The lowest BCUT2D eigenvalue weighted by Crippen LogP contribution is -2.49. The number of nitrogens with one attached hydrogen (secondary N) is 1. The van der Waals surface area contributed by atoms with Crippen molar-refractivity contribution >= 4 is 45.8 Å². The van der Waals surface area contributed by atoms with Crippen molar-refractivity contribution in [3.63, 3.8) is 0 Å². The Hall–Kier alpha value is -2.44. The Morgan fingerprint density at radius 3 is 2.59 bits per heavy atom. The lowest BCUT2D eigenvalue weighted by molar-refractivity contribution is -0.130. The van der Waals surface area contributed by atoms with E-state index in [-0.39, 0.29) is 11.7 Å². The van der Waals surface area contributed by atoms with Gasteiger partial charge in [0, 0.05) is 43.3 Å². The van der Waals surface area contributed by atoms with E-state index in [1.165, 1.54) is 6.20 Å². The van der Waals surface area contributed by atoms with E-state index in [9.17, 15) is 9.90 Å². The van der Waals surface area contributed by atoms with Crippen molar-refractivity contribution < 1.29 is 9.90 Å². The number of rotatable bonds is 3. The number of carbonyl (C=O) groups excluding carboxylic acids is 1. The monoisotopic (exact) mass is 404 g/mol. The molecule has 6 nitrogen and oxygen atoms in total. The highest BCUT2D eigenvalue weighted by atomic mass is 35.5. The number of amides is 1. The molecule has 1 aromatic carbocycles. The van der Waals surface area contributed by atoms with Crippen LogP contribution >= 0.6 is 23.2 Å². The number of piperazine rings is 1. The standard InChI is InChI=1S/C19H18Cl2N4O2/c20-15-8-14-12(10-22-17(14)9-16(15)21)7-19(27)25-5-3-24(4-6-25)18-2-1-13(26)11-23-18/h1-2,8-11,22,26H,3-7H2. The fraction of sp³-hybridized carbons (Fsp3) is 0.263. The van der Waals surface area contributed by atoms with Gasteiger partial charge in [-0.15, -0.1) is 0 Å². The first kappa shape index (κ1) is 17.9. The Kier molecular flexibility index (Phi) is 4.85. The minimum absolute atomic E-state index is 0.0836. The molecule has 3 aromatic rings. The summed E-state index contributed by atoms with van der Waals surface area (Å²) in [6.45, 7) is 2.68. The Balaban J connectivity index is 1.41. The first-order chi connectivity index (χ1) is 13.0. The number of nitrogens with zero attached hydrogens (tertiary/aromatic N) is 3. The molecule has 2 aromatic heterocycles. The molecule has 0 radical (unpaired) electrons. The largest absolute Gasteiger partial charge is 0.506 e. The topological polar surface area (TPSA) is 72.5 Å². The number of hydrogen-bond donors (Lipinski definition) is 2. The molecule has 0 saturated carbocycles. The molecule has 8 heteroatoms. The predicted molar refractivity (Wildman–Crippen MR) is 107 cm³/mol. The third-order valence-corrected chi connectivity index (χ3v) is 5.56. The normalized spacial score (nSPS) is 14.7. The van der Waals surface area contributed by atoms with Crippen LogP contribution in [0.1, 0.15) is 5.56 Å². The third-order valence-electron chi connectivity index (χ3n) is 4.84. The predicted octanol–water partition coefficient (Wildman–Crippen LogP) is 3.47. The average Bonchev–Trinajstić information content (AvgIpc) is 3.04. The maximum atomic E-state index is 12.7. The van der Waals surface area contributed by atoms with E-state index in [0.29, 0.717) is 42.6 Å². The van der Waals surface area contributed by atoms with Crippen LogP contribution in [0.4, 0.5) is 5.82 Å². The summed E-state index contributed by atoms with van der Waals surface area (Å²) >= 11 is 12.2. The first-order valence-corrected chi connectivity index (χ1v) is 9.39. The molecule has 1 aliphatic rings. The average molecular weight is 405 g/mol. The second-order valence-electron chi connectivity index (χ2n) is 6.55. The van der Waals surface area contributed by atoms with E-state index in [0.717, 1.165) is 22.3 Å². The summed E-state index contributed by atoms with van der Waals surface area (Å²) in [5, 5.41) is 11.2. The van der Waals surface area contributed by atoms with Gasteiger partial charge in [0.15, 0.2) is 0 Å². The van der Waals surface area contributed by atoms with Gasteiger partial charge in [0.05, 0.1) is 22.7 Å². The van der Waals surface area contributed by atoms with Crippen molar-refractivity contribution in [2.45, 2.75) is 6.42 Å². The minimum atomic E-state index is 0.0836. The second kappa shape index (κ2) is 7.29. The second-order valence-corrected chi connectivity index (χ2v) is 7.36. The molecule has 0 bridgehead atoms. The summed E-state index contributed by atoms with van der Waals surface area (Å²) in [5.41, 5.74) is 1.78. The van der Waals surface area contributed by atoms with Gasteiger partial charge in [-0.2, -0.15) is 0 Å². The molecule has 0 atom stereocenters. The molecule has 27 heavy (non-hydrogen) atoms. The molecule has 4 rings (SSSR count). The number of pyridine rings is 1. The molecular formula is C19H18Cl2N4O2. The van der Waals surface area contributed by atoms with Crippen LogP contribution in [0.15, 0.2) is 36.7 Å². The van der Waals surface area contributed by atoms with Crippen molar-refractivity contribution in [2.24, 2.45) is 0 Å². The van der Waals surface area contributed by atoms with Crippen molar-refractivity contribution in [2.75, 3.05) is 31.1 Å². The molecule has 140 valence electrons. The van der Waals surface area contributed by atoms with Gasteiger partial charge in [-0.25, -0.2) is 4.98 Å². The molecular weight excluding hydrogens is 387 g/mol. The van der Waals surface area contributed by atoms with Gasteiger partial charge in [0.1, 0.15) is 11.6 Å². The summed E-state index contributed by atoms with van der Waals surface area (Å²) in [6.07, 6.45) is 3.59. The maximum absolute atomic E-state index is 12.7. The quantitative estimate of drug-likeness (QED) is 0.700. The highest BCUT2D eigenvalue weighted by Crippen LogP contribution is 2.29. The number of benzene rings is 1. The molecule has 1 saturated heterocycles. The summed E-state index contributed by atoms with van der Waals surface area (Å²) in [4.78, 5) is 24.1. The molecule has 1 fully saturated rings. The minimum Gasteiger partial charge on any atom is -0.506 e. The van der Waals surface area contributed by atoms with Crippen LogP contribution in [0.2, 0.25) is 10.0 Å². The fourth-order valence-electron chi connectivity index (χ4n) is 3.35. The van der Waals surface area contributed by atoms with Gasteiger partial charge in [-0.3, -0.25) is 4.79 Å². The molecule has 0 aliphatic carbocycles. The Bertz CT molecular complexity index is 979. The zero-order valence-corrected chi connectivity index (χ0v) is 16.0. The highest BCUT2D eigenvalue weighted by molar-refractivity contribution is 6.42. The van der Waals surface area contributed by atoms with E-state index < -0.39 is 0 Å². The number of aromatic hydroxyl groups is 1. The Labute approximate surface area is 166 Å². The Morgan fingerprint density at radius 2 is 1.89 bits per heavy atom. The van der Waals surface area contributed by atoms with Crippen LogP contribution in [0.5, 0.6) is 5.75 Å². The van der Waals surface area contributed by atoms with Gasteiger partial charge in [0.25, 0.3) is 0 Å². The van der Waals surface area contributed by atoms with Crippen molar-refractivity contribution in [3.05, 3.63) is 52.3 Å². The zero-order valence-electron chi connectivity index (χ0n) is 14.5. The van der Waals surface area contributed by atoms with Crippen LogP contribution in [0.3, 0.4) is 0 Å². The molecule has 0 unspecified atom stereocenters. The van der Waals surface area contributed by atoms with Crippen LogP contribution < -0.4 is 4.90 Å². The summed E-state index contributed by atoms with van der Waals surface area (Å²) < 4.78 is 0. The number of hydrogen-bond acceptors (Lipinski definition) is 4. The van der Waals surface area contributed by atoms with Gasteiger partial charge in [-0.1, -0.05) is 23.2 Å². The number of carbonyl (C=O) groups is 1. The van der Waals surface area contributed by atoms with Crippen LogP contribution in [-0.2, 0) is 11.2 Å². The van der Waals surface area contributed by atoms with Gasteiger partial charge >= 0.3 is 0 Å². The molecule has 0 spiro atoms. The van der Waals surface area contributed by atoms with Gasteiger partial charge < -0.3 is 19.9 Å². The molecule has 2 N–H and O–H groups in total. The van der Waals surface area contributed by atoms with Crippen molar-refractivity contribution in [3.8, 4) is 5.75 Å². The highest BCUT2D eigenvalue weighted by Gasteiger charge is 2.23. The van der Waals surface area contributed by atoms with Gasteiger partial charge in [-0.05, 0) is 29.8 Å². The van der Waals surface area contributed by atoms with Gasteiger partial charge in [0.2, 0.25) is 5.91 Å². The van der Waals surface area contributed by atoms with E-state index in [1.54, 1.807) is 24.3 Å². The van der Waals surface area contributed by atoms with Crippen molar-refractivity contribution in [1.82, 2.24) is 14.9 Å². The molecule has 1 amide bonds. The van der Waals surface area contributed by atoms with E-state index in [4.69, 9.17) is 23.2 Å². The van der Waals surface area contributed by atoms with Crippen LogP contribution in [0, 0.1) is 0 Å². The number of aromatic amines is 1. The first-order valence-electron chi connectivity index (χ1n) is 8.64. The van der Waals surface area contributed by atoms with E-state index >= 15 is 0 Å². The smallest absolute Gasteiger partial charge is 0.227 e. The van der Waals surface area contributed by atoms with Crippen LogP contribution in [-0.4, -0.2) is 52.1 Å². The summed E-state index contributed by atoms with van der Waals surface area (Å²) in [7, 11) is 0. The van der Waals surface area contributed by atoms with E-state index in [1.807, 2.05) is 11.1 Å². The SMILES string of the molecule is O=C(Cc1c[nH]c2cc(Cl)c(Cl)cc12)N1CCN(c2ccc(O)cn2)CC1. The third kappa shape index (κ3) is 3.68. The molecule has 3 heterocycles. The number of halogens is 2. The number of fused-ring (bicyclic) bond motifs is 1. The lowest BCUT2D eigenvalue weighted by atomic mass is 10.1. The number of aromatic nitrogens is 2. The number of H-pyrrole nitrogens is 1. The summed E-state index contributed by atoms with van der Waals surface area (Å²) in [6, 6.07) is 6.98. The maximum Gasteiger partial charge on any atom is 0.227 e. The fourth-order valence-corrected chi connectivity index (χ4v) is 3.67. The molecule has 1 aliphatic heterocycles. The number of anilines is 1. The Morgan fingerprint density at radius 1 is 1.15 bits per heavy atom.